The Morgan fingerprint density at radius 2 is 1.72 bits per heavy atom. The van der Waals surface area contributed by atoms with Crippen LogP contribution in [0.3, 0.4) is 0 Å². The van der Waals surface area contributed by atoms with Crippen molar-refractivity contribution in [1.82, 2.24) is 5.16 Å². The fraction of sp³-hybridized carbons (Fsp3) is 0.107. The minimum atomic E-state index is -0.923. The van der Waals surface area contributed by atoms with Crippen LogP contribution in [0, 0.1) is 6.92 Å². The summed E-state index contributed by atoms with van der Waals surface area (Å²) in [6.45, 7) is 2.09. The summed E-state index contributed by atoms with van der Waals surface area (Å²) in [4.78, 5) is 27.5. The molecule has 1 amide bonds. The molecule has 0 bridgehead atoms. The van der Waals surface area contributed by atoms with Gasteiger partial charge in [-0.2, -0.15) is 0 Å². The molecule has 1 saturated heterocycles. The molecule has 36 heavy (non-hydrogen) atoms. The van der Waals surface area contributed by atoms with Gasteiger partial charge < -0.3 is 14.4 Å². The van der Waals surface area contributed by atoms with Crippen LogP contribution >= 0.6 is 11.6 Å². The largest absolute Gasteiger partial charge is 0.507 e. The van der Waals surface area contributed by atoms with Crippen LogP contribution in [-0.2, 0) is 16.2 Å². The van der Waals surface area contributed by atoms with Gasteiger partial charge in [-0.25, -0.2) is 0 Å². The van der Waals surface area contributed by atoms with Crippen LogP contribution in [0.2, 0.25) is 5.02 Å². The summed E-state index contributed by atoms with van der Waals surface area (Å²) in [6, 6.07) is 23.8. The molecular formula is C28H21ClN2O5. The highest BCUT2D eigenvalue weighted by Crippen LogP contribution is 2.42. The molecule has 3 aromatic carbocycles. The smallest absolute Gasteiger partial charge is 0.301 e. The number of aryl methyl sites for hydroxylation is 1. The average Bonchev–Trinajstić information content (AvgIpc) is 3.44. The zero-order chi connectivity index (χ0) is 25.2. The first kappa shape index (κ1) is 23.4. The zero-order valence-corrected chi connectivity index (χ0v) is 20.0. The van der Waals surface area contributed by atoms with E-state index in [0.717, 1.165) is 5.56 Å². The molecule has 1 fully saturated rings. The summed E-state index contributed by atoms with van der Waals surface area (Å²) >= 11 is 5.98. The van der Waals surface area contributed by atoms with Crippen molar-refractivity contribution in [3.05, 3.63) is 118 Å². The summed E-state index contributed by atoms with van der Waals surface area (Å²) in [7, 11) is 0. The van der Waals surface area contributed by atoms with Gasteiger partial charge in [-0.15, -0.1) is 0 Å². The highest BCUT2D eigenvalue weighted by Gasteiger charge is 2.48. The van der Waals surface area contributed by atoms with Gasteiger partial charge in [0.05, 0.1) is 11.6 Å². The molecular weight excluding hydrogens is 480 g/mol. The summed E-state index contributed by atoms with van der Waals surface area (Å²) in [6.07, 6.45) is 0. The van der Waals surface area contributed by atoms with Crippen LogP contribution in [-0.4, -0.2) is 22.0 Å². The number of benzene rings is 3. The van der Waals surface area contributed by atoms with E-state index in [9.17, 15) is 14.7 Å². The van der Waals surface area contributed by atoms with Gasteiger partial charge in [0.1, 0.15) is 23.9 Å². The molecule has 1 aliphatic rings. The van der Waals surface area contributed by atoms with Crippen molar-refractivity contribution in [2.45, 2.75) is 19.6 Å². The highest BCUT2D eigenvalue weighted by molar-refractivity contribution is 6.51. The van der Waals surface area contributed by atoms with E-state index in [1.54, 1.807) is 61.5 Å². The lowest BCUT2D eigenvalue weighted by Crippen LogP contribution is -2.29. The Hall–Kier alpha value is -4.36. The van der Waals surface area contributed by atoms with Gasteiger partial charge in [0.2, 0.25) is 0 Å². The topological polar surface area (TPSA) is 92.9 Å². The van der Waals surface area contributed by atoms with E-state index < -0.39 is 17.7 Å². The Morgan fingerprint density at radius 1 is 1.03 bits per heavy atom. The van der Waals surface area contributed by atoms with Crippen LogP contribution in [0.5, 0.6) is 5.75 Å². The Kier molecular flexibility index (Phi) is 6.31. The first-order valence-electron chi connectivity index (χ1n) is 11.2. The molecule has 7 nitrogen and oxygen atoms in total. The number of anilines is 1. The number of ketones is 1. The molecule has 0 saturated carbocycles. The quantitative estimate of drug-likeness (QED) is 0.203. The van der Waals surface area contributed by atoms with Crippen LogP contribution < -0.4 is 9.64 Å². The first-order chi connectivity index (χ1) is 17.4. The number of hydrogen-bond acceptors (Lipinski definition) is 6. The van der Waals surface area contributed by atoms with Crippen LogP contribution in [0.1, 0.15) is 28.5 Å². The molecule has 1 atom stereocenters. The number of hydrogen-bond donors (Lipinski definition) is 1. The third kappa shape index (κ3) is 4.48. The zero-order valence-electron chi connectivity index (χ0n) is 19.2. The molecule has 8 heteroatoms. The highest BCUT2D eigenvalue weighted by atomic mass is 35.5. The van der Waals surface area contributed by atoms with Gasteiger partial charge in [0.15, 0.2) is 5.82 Å². The molecule has 180 valence electrons. The number of ether oxygens (including phenoxy) is 1. The normalized spacial score (nSPS) is 16.9. The second-order valence-corrected chi connectivity index (χ2v) is 8.75. The number of carbonyl (C=O) groups excluding carboxylic acids is 2. The standard InChI is InChI=1S/C28H21ClN2O5/c1-17-15-23(30-36-17)31-25(19-9-13-22(14-10-19)35-16-18-5-3-2-4-6-18)24(27(33)28(31)34)26(32)20-7-11-21(29)12-8-20/h2-15,25,32H,16H2,1H3/t25-/m0/s1. The number of aliphatic hydroxyl groups is 1. The maximum atomic E-state index is 13.2. The lowest BCUT2D eigenvalue weighted by molar-refractivity contribution is -0.132. The molecule has 2 heterocycles. The van der Waals surface area contributed by atoms with Crippen molar-refractivity contribution in [1.29, 1.82) is 0 Å². The van der Waals surface area contributed by atoms with E-state index in [4.69, 9.17) is 20.9 Å². The number of Topliss-reactive ketones (excluding diaryl/α,β-unsaturated/α-hetero) is 1. The van der Waals surface area contributed by atoms with E-state index in [0.29, 0.717) is 34.3 Å². The second-order valence-electron chi connectivity index (χ2n) is 8.32. The molecule has 0 unspecified atom stereocenters. The number of rotatable bonds is 6. The van der Waals surface area contributed by atoms with Crippen molar-refractivity contribution in [2.75, 3.05) is 4.90 Å². The molecule has 1 N–H and O–H groups in total. The number of halogens is 1. The number of nitrogens with zero attached hydrogens (tertiary/aromatic N) is 2. The molecule has 0 aliphatic carbocycles. The first-order valence-corrected chi connectivity index (χ1v) is 11.6. The Labute approximate surface area is 212 Å². The molecule has 4 aromatic rings. The van der Waals surface area contributed by atoms with Crippen LogP contribution in [0.15, 0.2) is 95.0 Å². The van der Waals surface area contributed by atoms with E-state index in [1.165, 1.54) is 4.90 Å². The fourth-order valence-corrected chi connectivity index (χ4v) is 4.23. The molecule has 1 aromatic heterocycles. The van der Waals surface area contributed by atoms with Gasteiger partial charge in [0, 0.05) is 16.7 Å². The van der Waals surface area contributed by atoms with E-state index in [2.05, 4.69) is 5.16 Å². The second kappa shape index (κ2) is 9.71. The maximum absolute atomic E-state index is 13.2. The van der Waals surface area contributed by atoms with Crippen molar-refractivity contribution < 1.29 is 24.0 Å². The SMILES string of the molecule is Cc1cc(N2C(=O)C(=O)C(=C(O)c3ccc(Cl)cc3)[C@@H]2c2ccc(OCc3ccccc3)cc2)no1. The van der Waals surface area contributed by atoms with E-state index in [-0.39, 0.29) is 17.2 Å². The number of aromatic nitrogens is 1. The number of carbonyl (C=O) groups is 2. The Balaban J connectivity index is 1.54. The summed E-state index contributed by atoms with van der Waals surface area (Å²) < 4.78 is 11.0. The molecule has 1 aliphatic heterocycles. The van der Waals surface area contributed by atoms with Crippen molar-refractivity contribution >= 4 is 34.9 Å². The summed E-state index contributed by atoms with van der Waals surface area (Å²) in [5, 5.41) is 15.6. The maximum Gasteiger partial charge on any atom is 0.301 e. The Bertz CT molecular complexity index is 1440. The predicted molar refractivity (Wildman–Crippen MR) is 135 cm³/mol. The van der Waals surface area contributed by atoms with E-state index >= 15 is 0 Å². The summed E-state index contributed by atoms with van der Waals surface area (Å²) in [5.41, 5.74) is 1.93. The lowest BCUT2D eigenvalue weighted by Gasteiger charge is -2.23. The molecule has 0 radical (unpaired) electrons. The van der Waals surface area contributed by atoms with Crippen molar-refractivity contribution in [2.24, 2.45) is 0 Å². The predicted octanol–water partition coefficient (Wildman–Crippen LogP) is 5.84. The van der Waals surface area contributed by atoms with Crippen molar-refractivity contribution in [3.8, 4) is 5.75 Å². The molecule has 5 rings (SSSR count). The van der Waals surface area contributed by atoms with Crippen molar-refractivity contribution in [3.63, 3.8) is 0 Å². The Morgan fingerprint density at radius 3 is 2.36 bits per heavy atom. The lowest BCUT2D eigenvalue weighted by atomic mass is 9.95. The van der Waals surface area contributed by atoms with Gasteiger partial charge in [0.25, 0.3) is 5.78 Å². The average molecular weight is 501 g/mol. The van der Waals surface area contributed by atoms with E-state index in [1.807, 2.05) is 30.3 Å². The summed E-state index contributed by atoms with van der Waals surface area (Å²) in [5.74, 6) is -0.658. The molecule has 0 spiro atoms. The minimum Gasteiger partial charge on any atom is -0.507 e. The van der Waals surface area contributed by atoms with Crippen LogP contribution in [0.4, 0.5) is 5.82 Å². The van der Waals surface area contributed by atoms with Gasteiger partial charge >= 0.3 is 5.91 Å². The van der Waals surface area contributed by atoms with Gasteiger partial charge in [-0.1, -0.05) is 59.2 Å². The minimum absolute atomic E-state index is 0.0547. The van der Waals surface area contributed by atoms with Gasteiger partial charge in [-0.05, 0) is 54.4 Å². The third-order valence-electron chi connectivity index (χ3n) is 5.87. The monoisotopic (exact) mass is 500 g/mol. The fourth-order valence-electron chi connectivity index (χ4n) is 4.10. The third-order valence-corrected chi connectivity index (χ3v) is 6.12. The number of aliphatic hydroxyl groups excluding tert-OH is 1. The number of amides is 1. The van der Waals surface area contributed by atoms with Gasteiger partial charge in [-0.3, -0.25) is 14.5 Å². The van der Waals surface area contributed by atoms with Crippen LogP contribution in [0.25, 0.3) is 5.76 Å².